The first-order valence-electron chi connectivity index (χ1n) is 6.87. The lowest BCUT2D eigenvalue weighted by atomic mass is 9.86. The number of nitrogens with two attached hydrogens (primary N) is 2. The molecule has 0 aliphatic heterocycles. The third-order valence-electron chi connectivity index (χ3n) is 4.20. The van der Waals surface area contributed by atoms with Gasteiger partial charge < -0.3 is 11.6 Å². The Kier molecular flexibility index (Phi) is 2.73. The van der Waals surface area contributed by atoms with Gasteiger partial charge in [0.15, 0.2) is 0 Å². The maximum absolute atomic E-state index is 6.06. The number of nitrogens with zero attached hydrogens (tertiary/aromatic N) is 2. The lowest BCUT2D eigenvalue weighted by Gasteiger charge is -2.20. The van der Waals surface area contributed by atoms with Crippen LogP contribution in [-0.4, -0.2) is 9.66 Å². The number of rotatable bonds is 3. The molecule has 2 saturated carbocycles. The monoisotopic (exact) mass is 234 g/mol. The molecule has 4 nitrogen and oxygen atoms in total. The predicted molar refractivity (Wildman–Crippen MR) is 69.0 cm³/mol. The van der Waals surface area contributed by atoms with E-state index < -0.39 is 0 Å². The van der Waals surface area contributed by atoms with Gasteiger partial charge in [-0.1, -0.05) is 32.1 Å². The summed E-state index contributed by atoms with van der Waals surface area (Å²) in [5, 5.41) is 0. The zero-order valence-corrected chi connectivity index (χ0v) is 10.4. The van der Waals surface area contributed by atoms with Crippen LogP contribution >= 0.6 is 0 Å². The summed E-state index contributed by atoms with van der Waals surface area (Å²) in [7, 11) is 0. The first-order chi connectivity index (χ1) is 8.25. The van der Waals surface area contributed by atoms with E-state index in [9.17, 15) is 0 Å². The Hall–Kier alpha value is -1.19. The number of nitrogen functional groups attached to an aromatic ring is 2. The Morgan fingerprint density at radius 3 is 2.47 bits per heavy atom. The summed E-state index contributed by atoms with van der Waals surface area (Å²) in [6, 6.07) is 0. The van der Waals surface area contributed by atoms with Gasteiger partial charge in [-0.25, -0.2) is 9.66 Å². The van der Waals surface area contributed by atoms with Crippen molar-refractivity contribution in [3.63, 3.8) is 0 Å². The number of hydrogen-bond donors (Lipinski definition) is 2. The molecule has 0 atom stereocenters. The molecule has 2 fully saturated rings. The quantitative estimate of drug-likeness (QED) is 0.787. The van der Waals surface area contributed by atoms with E-state index in [1.165, 1.54) is 44.9 Å². The van der Waals surface area contributed by atoms with Crippen molar-refractivity contribution < 1.29 is 0 Å². The van der Waals surface area contributed by atoms with Crippen LogP contribution in [0.25, 0.3) is 0 Å². The Balaban J connectivity index is 1.75. The van der Waals surface area contributed by atoms with Gasteiger partial charge in [-0.3, -0.25) is 0 Å². The van der Waals surface area contributed by atoms with Crippen molar-refractivity contribution in [2.45, 2.75) is 57.3 Å². The maximum atomic E-state index is 6.06. The van der Waals surface area contributed by atoms with Crippen molar-refractivity contribution >= 4 is 5.82 Å². The molecule has 1 aromatic heterocycles. The Morgan fingerprint density at radius 2 is 1.82 bits per heavy atom. The summed E-state index contributed by atoms with van der Waals surface area (Å²) < 4.78 is 1.62. The molecule has 1 heterocycles. The fourth-order valence-electron chi connectivity index (χ4n) is 2.96. The molecule has 0 amide bonds. The fourth-order valence-corrected chi connectivity index (χ4v) is 2.96. The number of hydrogen-bond acceptors (Lipinski definition) is 3. The lowest BCUT2D eigenvalue weighted by molar-refractivity contribution is 0.355. The summed E-state index contributed by atoms with van der Waals surface area (Å²) in [5.41, 5.74) is 7.10. The highest BCUT2D eigenvalue weighted by molar-refractivity contribution is 5.40. The molecule has 0 aromatic carbocycles. The minimum Gasteiger partial charge on any atom is -0.382 e. The van der Waals surface area contributed by atoms with Crippen LogP contribution in [0, 0.1) is 5.92 Å². The van der Waals surface area contributed by atoms with Crippen LogP contribution in [0.2, 0.25) is 0 Å². The van der Waals surface area contributed by atoms with Crippen molar-refractivity contribution in [1.29, 1.82) is 0 Å². The van der Waals surface area contributed by atoms with E-state index in [0.29, 0.717) is 11.7 Å². The number of anilines is 1. The van der Waals surface area contributed by atoms with Crippen LogP contribution in [0.3, 0.4) is 0 Å². The first-order valence-corrected chi connectivity index (χ1v) is 6.87. The van der Waals surface area contributed by atoms with Crippen molar-refractivity contribution in [3.05, 3.63) is 11.5 Å². The number of aromatic nitrogens is 2. The largest absolute Gasteiger partial charge is 0.382 e. The van der Waals surface area contributed by atoms with Gasteiger partial charge in [0.1, 0.15) is 11.6 Å². The topological polar surface area (TPSA) is 69.9 Å². The highest BCUT2D eigenvalue weighted by Crippen LogP contribution is 2.40. The van der Waals surface area contributed by atoms with E-state index in [1.54, 1.807) is 4.68 Å². The van der Waals surface area contributed by atoms with Gasteiger partial charge in [0.25, 0.3) is 0 Å². The molecule has 0 bridgehead atoms. The lowest BCUT2D eigenvalue weighted by Crippen LogP contribution is -2.15. The molecule has 0 spiro atoms. The van der Waals surface area contributed by atoms with E-state index >= 15 is 0 Å². The molecule has 2 aliphatic carbocycles. The molecular weight excluding hydrogens is 212 g/mol. The maximum Gasteiger partial charge on any atom is 0.146 e. The summed E-state index contributed by atoms with van der Waals surface area (Å²) in [4.78, 5) is 4.68. The van der Waals surface area contributed by atoms with Crippen LogP contribution in [0.1, 0.15) is 62.4 Å². The van der Waals surface area contributed by atoms with E-state index in [0.717, 1.165) is 23.9 Å². The molecule has 0 radical (unpaired) electrons. The second-order valence-electron chi connectivity index (χ2n) is 5.65. The molecule has 3 rings (SSSR count). The minimum absolute atomic E-state index is 0.572. The Morgan fingerprint density at radius 1 is 1.12 bits per heavy atom. The summed E-state index contributed by atoms with van der Waals surface area (Å²) in [6.07, 6.45) is 10.2. The molecule has 94 valence electrons. The highest BCUT2D eigenvalue weighted by atomic mass is 15.4. The van der Waals surface area contributed by atoms with E-state index in [1.807, 2.05) is 0 Å². The van der Waals surface area contributed by atoms with Gasteiger partial charge in [-0.2, -0.15) is 0 Å². The van der Waals surface area contributed by atoms with Gasteiger partial charge in [-0.15, -0.1) is 0 Å². The Labute approximate surface area is 102 Å². The van der Waals surface area contributed by atoms with Gasteiger partial charge >= 0.3 is 0 Å². The molecule has 0 unspecified atom stereocenters. The van der Waals surface area contributed by atoms with Crippen molar-refractivity contribution in [2.24, 2.45) is 5.92 Å². The van der Waals surface area contributed by atoms with Gasteiger partial charge in [0.2, 0.25) is 0 Å². The fraction of sp³-hybridized carbons (Fsp3) is 0.769. The summed E-state index contributed by atoms with van der Waals surface area (Å²) in [6.45, 7) is 0. The number of imidazole rings is 1. The normalized spacial score (nSPS) is 21.9. The van der Waals surface area contributed by atoms with Gasteiger partial charge in [-0.05, 0) is 25.2 Å². The zero-order chi connectivity index (χ0) is 11.8. The third-order valence-corrected chi connectivity index (χ3v) is 4.20. The molecule has 0 saturated heterocycles. The first kappa shape index (κ1) is 10.9. The van der Waals surface area contributed by atoms with Crippen LogP contribution in [0.4, 0.5) is 5.82 Å². The van der Waals surface area contributed by atoms with Crippen LogP contribution < -0.4 is 11.6 Å². The van der Waals surface area contributed by atoms with E-state index in [2.05, 4.69) is 4.98 Å². The summed E-state index contributed by atoms with van der Waals surface area (Å²) >= 11 is 0. The third kappa shape index (κ3) is 2.13. The van der Waals surface area contributed by atoms with Crippen LogP contribution in [-0.2, 0) is 6.42 Å². The van der Waals surface area contributed by atoms with Crippen molar-refractivity contribution in [3.8, 4) is 0 Å². The predicted octanol–water partition coefficient (Wildman–Crippen LogP) is 2.18. The second kappa shape index (κ2) is 4.24. The SMILES string of the molecule is Nc1c(CC2CCCCC2)nc(C2CC2)n1N. The van der Waals surface area contributed by atoms with Crippen molar-refractivity contribution in [1.82, 2.24) is 9.66 Å². The van der Waals surface area contributed by atoms with E-state index in [4.69, 9.17) is 11.6 Å². The Bertz CT molecular complexity index is 400. The smallest absolute Gasteiger partial charge is 0.146 e. The standard InChI is InChI=1S/C13H22N4/c14-12-11(8-9-4-2-1-3-5-9)16-13(17(12)15)10-6-7-10/h9-10H,1-8,14-15H2. The second-order valence-corrected chi connectivity index (χ2v) is 5.65. The minimum atomic E-state index is 0.572. The highest BCUT2D eigenvalue weighted by Gasteiger charge is 2.30. The summed E-state index contributed by atoms with van der Waals surface area (Å²) in [5.74, 6) is 9.02. The molecular formula is C13H22N4. The average Bonchev–Trinajstić information content (AvgIpc) is 3.14. The van der Waals surface area contributed by atoms with Crippen molar-refractivity contribution in [2.75, 3.05) is 11.6 Å². The van der Waals surface area contributed by atoms with Crippen LogP contribution in [0.15, 0.2) is 0 Å². The van der Waals surface area contributed by atoms with Crippen LogP contribution in [0.5, 0.6) is 0 Å². The molecule has 1 aromatic rings. The molecule has 4 N–H and O–H groups in total. The van der Waals surface area contributed by atoms with Gasteiger partial charge in [0.05, 0.1) is 5.69 Å². The average molecular weight is 234 g/mol. The molecule has 4 heteroatoms. The van der Waals surface area contributed by atoms with Gasteiger partial charge in [0, 0.05) is 5.92 Å². The molecule has 2 aliphatic rings. The molecule has 17 heavy (non-hydrogen) atoms. The van der Waals surface area contributed by atoms with E-state index in [-0.39, 0.29) is 0 Å². The zero-order valence-electron chi connectivity index (χ0n) is 10.4.